The standard InChI is InChI=1S/C18H18FN3O2/c1-4-5-9-24-15-8-6-7-14(16(15)19)22-18(23)13-10-11(2)12(3)21-17(13)20/h1,6-8,10H,5,9H2,2-3H3,(H2,20,21)(H,22,23). The van der Waals surface area contributed by atoms with Gasteiger partial charge in [0.2, 0.25) is 0 Å². The molecule has 24 heavy (non-hydrogen) atoms. The maximum atomic E-state index is 14.4. The lowest BCUT2D eigenvalue weighted by Gasteiger charge is -2.12. The van der Waals surface area contributed by atoms with Gasteiger partial charge in [0.1, 0.15) is 5.82 Å². The van der Waals surface area contributed by atoms with Gasteiger partial charge in [-0.05, 0) is 37.6 Å². The molecular weight excluding hydrogens is 309 g/mol. The van der Waals surface area contributed by atoms with E-state index in [1.807, 2.05) is 6.92 Å². The van der Waals surface area contributed by atoms with E-state index in [1.165, 1.54) is 12.1 Å². The molecule has 0 aliphatic heterocycles. The topological polar surface area (TPSA) is 77.2 Å². The van der Waals surface area contributed by atoms with Gasteiger partial charge in [0.25, 0.3) is 5.91 Å². The predicted octanol–water partition coefficient (Wildman–Crippen LogP) is 3.07. The number of halogens is 1. The third kappa shape index (κ3) is 3.82. The summed E-state index contributed by atoms with van der Waals surface area (Å²) in [6, 6.07) is 6.10. The fourth-order valence-electron chi connectivity index (χ4n) is 2.03. The van der Waals surface area contributed by atoms with E-state index >= 15 is 0 Å². The van der Waals surface area contributed by atoms with Gasteiger partial charge in [-0.25, -0.2) is 9.37 Å². The largest absolute Gasteiger partial charge is 0.489 e. The summed E-state index contributed by atoms with van der Waals surface area (Å²) in [6.45, 7) is 3.81. The highest BCUT2D eigenvalue weighted by molar-refractivity contribution is 6.07. The Bertz CT molecular complexity index is 813. The van der Waals surface area contributed by atoms with Crippen LogP contribution in [0.3, 0.4) is 0 Å². The molecule has 0 saturated carbocycles. The Morgan fingerprint density at radius 2 is 2.21 bits per heavy atom. The van der Waals surface area contributed by atoms with E-state index in [2.05, 4.69) is 16.2 Å². The average molecular weight is 327 g/mol. The molecule has 6 heteroatoms. The molecule has 1 heterocycles. The lowest BCUT2D eigenvalue weighted by atomic mass is 10.1. The van der Waals surface area contributed by atoms with Gasteiger partial charge >= 0.3 is 0 Å². The summed E-state index contributed by atoms with van der Waals surface area (Å²) < 4.78 is 19.6. The van der Waals surface area contributed by atoms with Crippen molar-refractivity contribution in [1.82, 2.24) is 4.98 Å². The summed E-state index contributed by atoms with van der Waals surface area (Å²) in [6.07, 6.45) is 5.49. The molecule has 0 unspecified atom stereocenters. The zero-order valence-corrected chi connectivity index (χ0v) is 13.5. The molecule has 1 amide bonds. The Balaban J connectivity index is 2.22. The summed E-state index contributed by atoms with van der Waals surface area (Å²) in [5.41, 5.74) is 7.53. The highest BCUT2D eigenvalue weighted by atomic mass is 19.1. The van der Waals surface area contributed by atoms with E-state index in [1.54, 1.807) is 19.1 Å². The Kier molecular flexibility index (Phi) is 5.38. The molecule has 0 spiro atoms. The number of ether oxygens (including phenoxy) is 1. The monoisotopic (exact) mass is 327 g/mol. The second-order valence-electron chi connectivity index (χ2n) is 5.20. The first-order chi connectivity index (χ1) is 11.4. The number of aryl methyl sites for hydroxylation is 2. The number of nitrogen functional groups attached to an aromatic ring is 1. The number of aromatic nitrogens is 1. The van der Waals surface area contributed by atoms with E-state index < -0.39 is 11.7 Å². The summed E-state index contributed by atoms with van der Waals surface area (Å²) in [5.74, 6) is 1.31. The number of pyridine rings is 1. The van der Waals surface area contributed by atoms with Crippen molar-refractivity contribution in [2.24, 2.45) is 0 Å². The van der Waals surface area contributed by atoms with Crippen LogP contribution in [0.1, 0.15) is 28.0 Å². The zero-order valence-electron chi connectivity index (χ0n) is 13.5. The average Bonchev–Trinajstić information content (AvgIpc) is 2.54. The maximum Gasteiger partial charge on any atom is 0.259 e. The maximum absolute atomic E-state index is 14.4. The van der Waals surface area contributed by atoms with Gasteiger partial charge in [0, 0.05) is 12.1 Å². The first-order valence-corrected chi connectivity index (χ1v) is 7.34. The van der Waals surface area contributed by atoms with Crippen LogP contribution in [-0.2, 0) is 0 Å². The van der Waals surface area contributed by atoms with Crippen LogP contribution in [0.25, 0.3) is 0 Å². The number of hydrogen-bond donors (Lipinski definition) is 2. The SMILES string of the molecule is C#CCCOc1cccc(NC(=O)c2cc(C)c(C)nc2N)c1F. The number of nitrogens with two attached hydrogens (primary N) is 1. The van der Waals surface area contributed by atoms with Crippen molar-refractivity contribution in [3.63, 3.8) is 0 Å². The lowest BCUT2D eigenvalue weighted by Crippen LogP contribution is -2.17. The smallest absolute Gasteiger partial charge is 0.259 e. The Morgan fingerprint density at radius 3 is 2.92 bits per heavy atom. The van der Waals surface area contributed by atoms with Gasteiger partial charge in [0.15, 0.2) is 11.6 Å². The van der Waals surface area contributed by atoms with Crippen molar-refractivity contribution < 1.29 is 13.9 Å². The molecule has 0 atom stereocenters. The van der Waals surface area contributed by atoms with E-state index in [4.69, 9.17) is 16.9 Å². The minimum atomic E-state index is -0.668. The molecule has 1 aromatic carbocycles. The number of anilines is 2. The molecule has 124 valence electrons. The molecule has 0 saturated heterocycles. The van der Waals surface area contributed by atoms with Crippen molar-refractivity contribution in [3.8, 4) is 18.1 Å². The third-order valence-corrected chi connectivity index (χ3v) is 3.46. The number of terminal acetylenes is 1. The molecule has 1 aromatic heterocycles. The number of benzene rings is 1. The van der Waals surface area contributed by atoms with Gasteiger partial charge in [-0.3, -0.25) is 4.79 Å². The van der Waals surface area contributed by atoms with Crippen molar-refractivity contribution in [2.45, 2.75) is 20.3 Å². The predicted molar refractivity (Wildman–Crippen MR) is 91.4 cm³/mol. The van der Waals surface area contributed by atoms with Gasteiger partial charge in [-0.1, -0.05) is 6.07 Å². The minimum Gasteiger partial charge on any atom is -0.489 e. The van der Waals surface area contributed by atoms with Crippen LogP contribution in [0.4, 0.5) is 15.9 Å². The summed E-state index contributed by atoms with van der Waals surface area (Å²) in [4.78, 5) is 16.5. The first kappa shape index (κ1) is 17.3. The molecule has 0 aliphatic rings. The van der Waals surface area contributed by atoms with Crippen molar-refractivity contribution in [1.29, 1.82) is 0 Å². The zero-order chi connectivity index (χ0) is 17.7. The summed E-state index contributed by atoms with van der Waals surface area (Å²) >= 11 is 0. The van der Waals surface area contributed by atoms with E-state index in [0.29, 0.717) is 6.42 Å². The molecule has 0 bridgehead atoms. The molecule has 0 radical (unpaired) electrons. The van der Waals surface area contributed by atoms with Crippen molar-refractivity contribution in [2.75, 3.05) is 17.7 Å². The van der Waals surface area contributed by atoms with Crippen LogP contribution >= 0.6 is 0 Å². The molecule has 3 N–H and O–H groups in total. The van der Waals surface area contributed by atoms with Gasteiger partial charge in [0.05, 0.1) is 17.9 Å². The van der Waals surface area contributed by atoms with Crippen LogP contribution in [-0.4, -0.2) is 17.5 Å². The molecule has 2 aromatic rings. The van der Waals surface area contributed by atoms with Crippen molar-refractivity contribution >= 4 is 17.4 Å². The molecule has 0 fully saturated rings. The number of amides is 1. The fourth-order valence-corrected chi connectivity index (χ4v) is 2.03. The number of nitrogens with zero attached hydrogens (tertiary/aromatic N) is 1. The number of rotatable bonds is 5. The third-order valence-electron chi connectivity index (χ3n) is 3.46. The molecular formula is C18H18FN3O2. The lowest BCUT2D eigenvalue weighted by molar-refractivity contribution is 0.102. The molecule has 5 nitrogen and oxygen atoms in total. The van der Waals surface area contributed by atoms with Crippen LogP contribution in [0.5, 0.6) is 5.75 Å². The van der Waals surface area contributed by atoms with Gasteiger partial charge < -0.3 is 15.8 Å². The highest BCUT2D eigenvalue weighted by Gasteiger charge is 2.16. The van der Waals surface area contributed by atoms with E-state index in [9.17, 15) is 9.18 Å². The second-order valence-corrected chi connectivity index (χ2v) is 5.20. The first-order valence-electron chi connectivity index (χ1n) is 7.34. The summed E-state index contributed by atoms with van der Waals surface area (Å²) in [5, 5.41) is 2.49. The fraction of sp³-hybridized carbons (Fsp3) is 0.222. The Hall–Kier alpha value is -3.07. The normalized spacial score (nSPS) is 10.1. The highest BCUT2D eigenvalue weighted by Crippen LogP contribution is 2.25. The van der Waals surface area contributed by atoms with E-state index in [-0.39, 0.29) is 29.4 Å². The van der Waals surface area contributed by atoms with Crippen molar-refractivity contribution in [3.05, 3.63) is 46.9 Å². The molecule has 0 aliphatic carbocycles. The van der Waals surface area contributed by atoms with Crippen LogP contribution in [0.2, 0.25) is 0 Å². The van der Waals surface area contributed by atoms with Gasteiger partial charge in [-0.15, -0.1) is 12.3 Å². The Morgan fingerprint density at radius 1 is 1.46 bits per heavy atom. The van der Waals surface area contributed by atoms with Gasteiger partial charge in [-0.2, -0.15) is 0 Å². The Labute approximate surface area is 140 Å². The van der Waals surface area contributed by atoms with Crippen LogP contribution in [0, 0.1) is 32.0 Å². The molecule has 2 rings (SSSR count). The van der Waals surface area contributed by atoms with Crippen LogP contribution < -0.4 is 15.8 Å². The second kappa shape index (κ2) is 7.47. The van der Waals surface area contributed by atoms with E-state index in [0.717, 1.165) is 11.3 Å². The summed E-state index contributed by atoms with van der Waals surface area (Å²) in [7, 11) is 0. The number of carbonyl (C=O) groups is 1. The number of hydrogen-bond acceptors (Lipinski definition) is 4. The van der Waals surface area contributed by atoms with Crippen LogP contribution in [0.15, 0.2) is 24.3 Å². The minimum absolute atomic E-state index is 0.00386. The number of carbonyl (C=O) groups excluding carboxylic acids is 1. The number of nitrogens with one attached hydrogen (secondary N) is 1. The quantitative estimate of drug-likeness (QED) is 0.653.